The number of aliphatic hydroxyl groups excluding tert-OH is 1. The molecule has 1 heterocycles. The number of pyridine rings is 1. The van der Waals surface area contributed by atoms with Gasteiger partial charge < -0.3 is 15.7 Å². The number of benzene rings is 1. The number of carbonyl (C=O) groups is 1. The molecule has 0 radical (unpaired) electrons. The smallest absolute Gasteiger partial charge is 0.293 e. The maximum absolute atomic E-state index is 12.7. The van der Waals surface area contributed by atoms with Crippen LogP contribution in [0.4, 0.5) is 11.4 Å². The van der Waals surface area contributed by atoms with Gasteiger partial charge >= 0.3 is 0 Å². The summed E-state index contributed by atoms with van der Waals surface area (Å²) in [6.45, 7) is 2.44. The van der Waals surface area contributed by atoms with Crippen molar-refractivity contribution in [3.63, 3.8) is 0 Å². The first kappa shape index (κ1) is 22.7. The molecular weight excluding hydrogens is 396 g/mol. The van der Waals surface area contributed by atoms with Crippen LogP contribution in [0, 0.1) is 15.5 Å². The van der Waals surface area contributed by atoms with Gasteiger partial charge in [0, 0.05) is 31.0 Å². The molecule has 0 saturated heterocycles. The van der Waals surface area contributed by atoms with Gasteiger partial charge in [0.2, 0.25) is 0 Å². The average molecular weight is 427 g/mol. The number of anilines is 1. The van der Waals surface area contributed by atoms with Gasteiger partial charge in [-0.1, -0.05) is 25.3 Å². The third-order valence-corrected chi connectivity index (χ3v) is 6.14. The summed E-state index contributed by atoms with van der Waals surface area (Å²) in [5, 5.41) is 27.2. The summed E-state index contributed by atoms with van der Waals surface area (Å²) < 4.78 is 0. The van der Waals surface area contributed by atoms with E-state index >= 15 is 0 Å². The lowest BCUT2D eigenvalue weighted by Crippen LogP contribution is -2.39. The molecule has 1 aliphatic carbocycles. The molecule has 31 heavy (non-hydrogen) atoms. The number of carbonyl (C=O) groups excluding carboxylic acids is 1. The first-order chi connectivity index (χ1) is 14.9. The van der Waals surface area contributed by atoms with Crippen LogP contribution in [0.25, 0.3) is 0 Å². The number of nitrogens with one attached hydrogen (secondary N) is 2. The zero-order chi connectivity index (χ0) is 22.3. The summed E-state index contributed by atoms with van der Waals surface area (Å²) in [5.74, 6) is -0.338. The number of aromatic nitrogens is 1. The molecule has 1 fully saturated rings. The highest BCUT2D eigenvalue weighted by Crippen LogP contribution is 2.38. The molecule has 8 heteroatoms. The van der Waals surface area contributed by atoms with E-state index in [-0.39, 0.29) is 35.2 Å². The number of hydrogen-bond acceptors (Lipinski definition) is 6. The highest BCUT2D eigenvalue weighted by atomic mass is 16.6. The highest BCUT2D eigenvalue weighted by Gasteiger charge is 2.32. The standard InChI is InChI=1S/C23H30N4O4/c1-17(19-7-3-6-13-24-19)26-20-9-8-18(15-21(20)27(30)31)22(29)25-16-23(12-14-28)10-4-2-5-11-23/h3,6-9,13,15,17,26,28H,2,4-5,10-12,14,16H2,1H3,(H,25,29)/t17-/m1/s1. The van der Waals surface area contributed by atoms with Gasteiger partial charge in [-0.05, 0) is 55.9 Å². The number of nitrogens with zero attached hydrogens (tertiary/aromatic N) is 2. The number of amides is 1. The lowest BCUT2D eigenvalue weighted by atomic mass is 9.72. The summed E-state index contributed by atoms with van der Waals surface area (Å²) in [6.07, 6.45) is 7.64. The van der Waals surface area contributed by atoms with Crippen LogP contribution in [0.15, 0.2) is 42.6 Å². The SMILES string of the molecule is C[C@@H](Nc1ccc(C(=O)NCC2(CCO)CCCCC2)cc1[N+](=O)[O-])c1ccccn1. The van der Waals surface area contributed by atoms with Crippen LogP contribution in [0.3, 0.4) is 0 Å². The van der Waals surface area contributed by atoms with Crippen LogP contribution < -0.4 is 10.6 Å². The van der Waals surface area contributed by atoms with E-state index in [1.54, 1.807) is 18.3 Å². The number of nitro benzene ring substituents is 1. The van der Waals surface area contributed by atoms with Crippen molar-refractivity contribution in [1.82, 2.24) is 10.3 Å². The van der Waals surface area contributed by atoms with Crippen molar-refractivity contribution in [3.8, 4) is 0 Å². The van der Waals surface area contributed by atoms with E-state index in [2.05, 4.69) is 15.6 Å². The molecule has 2 aromatic rings. The predicted octanol–water partition coefficient (Wildman–Crippen LogP) is 4.23. The fourth-order valence-corrected chi connectivity index (χ4v) is 4.31. The van der Waals surface area contributed by atoms with Crippen molar-refractivity contribution >= 4 is 17.3 Å². The van der Waals surface area contributed by atoms with Gasteiger partial charge in [0.1, 0.15) is 5.69 Å². The summed E-state index contributed by atoms with van der Waals surface area (Å²) in [7, 11) is 0. The third-order valence-electron chi connectivity index (χ3n) is 6.14. The molecule has 0 aliphatic heterocycles. The number of aliphatic hydroxyl groups is 1. The van der Waals surface area contributed by atoms with Crippen molar-refractivity contribution in [2.45, 2.75) is 51.5 Å². The Bertz CT molecular complexity index is 892. The van der Waals surface area contributed by atoms with Gasteiger partial charge in [0.25, 0.3) is 11.6 Å². The Balaban J connectivity index is 1.72. The monoisotopic (exact) mass is 426 g/mol. The lowest BCUT2D eigenvalue weighted by Gasteiger charge is -2.37. The fourth-order valence-electron chi connectivity index (χ4n) is 4.31. The van der Waals surface area contributed by atoms with Gasteiger partial charge in [-0.3, -0.25) is 19.9 Å². The predicted molar refractivity (Wildman–Crippen MR) is 119 cm³/mol. The van der Waals surface area contributed by atoms with Crippen LogP contribution in [0.5, 0.6) is 0 Å². The van der Waals surface area contributed by atoms with Crippen molar-refractivity contribution < 1.29 is 14.8 Å². The molecule has 166 valence electrons. The Kier molecular flexibility index (Phi) is 7.57. The van der Waals surface area contributed by atoms with Crippen LogP contribution in [0.1, 0.15) is 67.5 Å². The van der Waals surface area contributed by atoms with E-state index < -0.39 is 4.92 Å². The van der Waals surface area contributed by atoms with Crippen molar-refractivity contribution in [2.75, 3.05) is 18.5 Å². The van der Waals surface area contributed by atoms with Crippen LogP contribution in [-0.4, -0.2) is 34.1 Å². The topological polar surface area (TPSA) is 117 Å². The first-order valence-corrected chi connectivity index (χ1v) is 10.8. The second kappa shape index (κ2) is 10.3. The van der Waals surface area contributed by atoms with Gasteiger partial charge in [-0.2, -0.15) is 0 Å². The Hall–Kier alpha value is -3.00. The quantitative estimate of drug-likeness (QED) is 0.408. The Morgan fingerprint density at radius 3 is 2.68 bits per heavy atom. The Morgan fingerprint density at radius 2 is 2.03 bits per heavy atom. The zero-order valence-corrected chi connectivity index (χ0v) is 17.8. The number of nitro groups is 1. The minimum atomic E-state index is -0.487. The number of hydrogen-bond donors (Lipinski definition) is 3. The summed E-state index contributed by atoms with van der Waals surface area (Å²) in [5.41, 5.74) is 1.11. The van der Waals surface area contributed by atoms with Crippen molar-refractivity contribution in [3.05, 3.63) is 64.0 Å². The van der Waals surface area contributed by atoms with E-state index in [9.17, 15) is 20.0 Å². The Labute approximate surface area is 182 Å². The van der Waals surface area contributed by atoms with Crippen molar-refractivity contribution in [2.24, 2.45) is 5.41 Å². The van der Waals surface area contributed by atoms with Gasteiger partial charge in [0.05, 0.1) is 16.7 Å². The van der Waals surface area contributed by atoms with E-state index in [1.165, 1.54) is 12.5 Å². The molecule has 8 nitrogen and oxygen atoms in total. The minimum absolute atomic E-state index is 0.0891. The summed E-state index contributed by atoms with van der Waals surface area (Å²) in [6, 6.07) is 9.75. The molecule has 0 unspecified atom stereocenters. The third kappa shape index (κ3) is 5.79. The van der Waals surface area contributed by atoms with E-state index in [1.807, 2.05) is 25.1 Å². The fraction of sp³-hybridized carbons (Fsp3) is 0.478. The lowest BCUT2D eigenvalue weighted by molar-refractivity contribution is -0.384. The second-order valence-corrected chi connectivity index (χ2v) is 8.33. The van der Waals surface area contributed by atoms with Crippen LogP contribution >= 0.6 is 0 Å². The second-order valence-electron chi connectivity index (χ2n) is 8.33. The molecule has 1 aromatic carbocycles. The number of rotatable bonds is 9. The molecule has 0 spiro atoms. The van der Waals surface area contributed by atoms with E-state index in [0.29, 0.717) is 18.7 Å². The normalized spacial score (nSPS) is 16.3. The molecule has 1 amide bonds. The maximum Gasteiger partial charge on any atom is 0.293 e. The van der Waals surface area contributed by atoms with Crippen LogP contribution in [0.2, 0.25) is 0 Å². The molecule has 1 atom stereocenters. The van der Waals surface area contributed by atoms with E-state index in [0.717, 1.165) is 31.4 Å². The molecule has 1 aliphatic rings. The summed E-state index contributed by atoms with van der Waals surface area (Å²) >= 11 is 0. The molecular formula is C23H30N4O4. The molecule has 1 saturated carbocycles. The van der Waals surface area contributed by atoms with Gasteiger partial charge in [-0.15, -0.1) is 0 Å². The average Bonchev–Trinajstić information content (AvgIpc) is 2.79. The van der Waals surface area contributed by atoms with Crippen molar-refractivity contribution in [1.29, 1.82) is 0 Å². The zero-order valence-electron chi connectivity index (χ0n) is 17.8. The maximum atomic E-state index is 12.7. The molecule has 3 N–H and O–H groups in total. The summed E-state index contributed by atoms with van der Waals surface area (Å²) in [4.78, 5) is 28.2. The molecule has 1 aromatic heterocycles. The van der Waals surface area contributed by atoms with E-state index in [4.69, 9.17) is 0 Å². The minimum Gasteiger partial charge on any atom is -0.396 e. The first-order valence-electron chi connectivity index (χ1n) is 10.8. The molecule has 0 bridgehead atoms. The molecule has 3 rings (SSSR count). The highest BCUT2D eigenvalue weighted by molar-refractivity contribution is 5.95. The van der Waals surface area contributed by atoms with Gasteiger partial charge in [-0.25, -0.2) is 0 Å². The Morgan fingerprint density at radius 1 is 1.26 bits per heavy atom. The largest absolute Gasteiger partial charge is 0.396 e. The van der Waals surface area contributed by atoms with Gasteiger partial charge in [0.15, 0.2) is 0 Å². The van der Waals surface area contributed by atoms with Crippen LogP contribution in [-0.2, 0) is 0 Å².